The van der Waals surface area contributed by atoms with Crippen molar-refractivity contribution in [2.24, 2.45) is 0 Å². The first-order chi connectivity index (χ1) is 16.5. The van der Waals surface area contributed by atoms with Gasteiger partial charge in [-0.1, -0.05) is 12.5 Å². The van der Waals surface area contributed by atoms with E-state index in [0.29, 0.717) is 11.3 Å². The van der Waals surface area contributed by atoms with Gasteiger partial charge in [-0.15, -0.1) is 0 Å². The fourth-order valence-corrected chi connectivity index (χ4v) is 4.85. The summed E-state index contributed by atoms with van der Waals surface area (Å²) in [4.78, 5) is 17.4. The number of piperidine rings is 1. The molecule has 2 aliphatic heterocycles. The van der Waals surface area contributed by atoms with Gasteiger partial charge in [0, 0.05) is 61.2 Å². The minimum Gasteiger partial charge on any atom is -0.496 e. The first-order valence-electron chi connectivity index (χ1n) is 12.0. The Balaban J connectivity index is 0.000000620. The Morgan fingerprint density at radius 3 is 2.65 bits per heavy atom. The molecule has 0 bridgehead atoms. The molecule has 3 heterocycles. The van der Waals surface area contributed by atoms with Crippen molar-refractivity contribution in [3.63, 3.8) is 0 Å². The number of aryl methyl sites for hydroxylation is 1. The van der Waals surface area contributed by atoms with E-state index in [1.165, 1.54) is 29.4 Å². The van der Waals surface area contributed by atoms with Gasteiger partial charge in [-0.3, -0.25) is 4.90 Å². The highest BCUT2D eigenvalue weighted by Crippen LogP contribution is 2.38. The number of methoxy groups -OCH3 is 1. The maximum atomic E-state index is 11.5. The van der Waals surface area contributed by atoms with Gasteiger partial charge in [0.05, 0.1) is 12.7 Å². The molecule has 3 aromatic rings. The molecule has 7 nitrogen and oxygen atoms in total. The van der Waals surface area contributed by atoms with E-state index in [4.69, 9.17) is 9.47 Å². The number of anilines is 1. The molecule has 0 radical (unpaired) electrons. The van der Waals surface area contributed by atoms with Gasteiger partial charge < -0.3 is 24.9 Å². The number of aromatic nitrogens is 1. The molecule has 2 aliphatic rings. The van der Waals surface area contributed by atoms with Crippen LogP contribution in [0.1, 0.15) is 58.8 Å². The number of hydrogen-bond donors (Lipinski definition) is 3. The first-order valence-corrected chi connectivity index (χ1v) is 12.0. The Labute approximate surface area is 201 Å². The molecule has 182 valence electrons. The topological polar surface area (TPSA) is 86.8 Å². The van der Waals surface area contributed by atoms with Crippen LogP contribution in [0.3, 0.4) is 0 Å². The Bertz CT molecular complexity index is 1130. The van der Waals surface area contributed by atoms with Crippen molar-refractivity contribution in [1.82, 2.24) is 9.88 Å². The summed E-state index contributed by atoms with van der Waals surface area (Å²) in [5.41, 5.74) is 5.64. The molecule has 1 unspecified atom stereocenters. The SMILES string of the molecule is C1COC1.CNc1cc(C2CCCCN2Cc2c(OC)cc(C)c3[nH]ccc23)ccc1C(=O)O. The standard InChI is InChI=1S/C24H29N3O3.C3H6O/c1-15-12-22(30-3)19(17-9-10-26-23(15)17)14-27-11-5-4-6-21(27)16-7-8-18(24(28)29)20(13-16)25-2;1-2-4-3-1/h7-10,12-13,21,25-26H,4-6,11,14H2,1-3H3,(H,28,29);1-3H2. The van der Waals surface area contributed by atoms with E-state index in [1.807, 2.05) is 18.3 Å². The summed E-state index contributed by atoms with van der Waals surface area (Å²) in [6, 6.07) is 10.1. The summed E-state index contributed by atoms with van der Waals surface area (Å²) in [6.07, 6.45) is 6.65. The van der Waals surface area contributed by atoms with Crippen LogP contribution in [0, 0.1) is 6.92 Å². The second-order valence-electron chi connectivity index (χ2n) is 8.95. The van der Waals surface area contributed by atoms with Gasteiger partial charge in [0.25, 0.3) is 0 Å². The highest BCUT2D eigenvalue weighted by molar-refractivity contribution is 5.94. The molecule has 5 rings (SSSR count). The van der Waals surface area contributed by atoms with Crippen molar-refractivity contribution >= 4 is 22.6 Å². The Morgan fingerprint density at radius 2 is 2.00 bits per heavy atom. The average molecular weight is 466 g/mol. The summed E-state index contributed by atoms with van der Waals surface area (Å²) in [5.74, 6) is 0.00621. The molecule has 1 aromatic heterocycles. The number of carbonyl (C=O) groups is 1. The van der Waals surface area contributed by atoms with Crippen LogP contribution in [0.2, 0.25) is 0 Å². The lowest BCUT2D eigenvalue weighted by Crippen LogP contribution is -2.33. The minimum atomic E-state index is -0.911. The Kier molecular flexibility index (Phi) is 7.75. The maximum Gasteiger partial charge on any atom is 0.337 e. The predicted molar refractivity (Wildman–Crippen MR) is 135 cm³/mol. The number of likely N-dealkylation sites (tertiary alicyclic amines) is 1. The minimum absolute atomic E-state index is 0.244. The predicted octanol–water partition coefficient (Wildman–Crippen LogP) is 5.36. The second kappa shape index (κ2) is 10.9. The van der Waals surface area contributed by atoms with E-state index in [-0.39, 0.29) is 6.04 Å². The van der Waals surface area contributed by atoms with Crippen LogP contribution >= 0.6 is 0 Å². The molecule has 1 atom stereocenters. The highest BCUT2D eigenvalue weighted by Gasteiger charge is 2.27. The first kappa shape index (κ1) is 24.1. The summed E-state index contributed by atoms with van der Waals surface area (Å²) in [5, 5.41) is 13.7. The zero-order valence-corrected chi connectivity index (χ0v) is 20.3. The van der Waals surface area contributed by atoms with E-state index in [1.54, 1.807) is 20.2 Å². The zero-order valence-electron chi connectivity index (χ0n) is 20.3. The van der Waals surface area contributed by atoms with E-state index >= 15 is 0 Å². The van der Waals surface area contributed by atoms with Crippen molar-refractivity contribution in [2.75, 3.05) is 39.2 Å². The third-order valence-corrected chi connectivity index (χ3v) is 6.81. The molecule has 7 heteroatoms. The van der Waals surface area contributed by atoms with Crippen LogP contribution < -0.4 is 10.1 Å². The van der Waals surface area contributed by atoms with Crippen LogP contribution in [-0.2, 0) is 11.3 Å². The number of H-pyrrole nitrogens is 1. The normalized spacial score (nSPS) is 18.0. The van der Waals surface area contributed by atoms with Gasteiger partial charge in [0.2, 0.25) is 0 Å². The van der Waals surface area contributed by atoms with E-state index in [0.717, 1.165) is 56.0 Å². The quantitative estimate of drug-likeness (QED) is 0.454. The van der Waals surface area contributed by atoms with Crippen molar-refractivity contribution in [2.45, 2.75) is 45.2 Å². The number of fused-ring (bicyclic) bond motifs is 1. The number of benzene rings is 2. The molecule has 0 aliphatic carbocycles. The fourth-order valence-electron chi connectivity index (χ4n) is 4.85. The third-order valence-electron chi connectivity index (χ3n) is 6.81. The monoisotopic (exact) mass is 465 g/mol. The molecular weight excluding hydrogens is 430 g/mol. The van der Waals surface area contributed by atoms with Crippen LogP contribution in [-0.4, -0.2) is 54.9 Å². The molecule has 0 saturated carbocycles. The number of carboxylic acid groups (broad SMARTS) is 1. The van der Waals surface area contributed by atoms with Crippen LogP contribution in [0.4, 0.5) is 5.69 Å². The summed E-state index contributed by atoms with van der Waals surface area (Å²) in [6.45, 7) is 5.89. The molecule has 2 aromatic carbocycles. The van der Waals surface area contributed by atoms with Gasteiger partial charge in [-0.25, -0.2) is 4.79 Å². The average Bonchev–Trinajstić information content (AvgIpc) is 3.30. The number of nitrogens with zero attached hydrogens (tertiary/aromatic N) is 1. The highest BCUT2D eigenvalue weighted by atomic mass is 16.5. The lowest BCUT2D eigenvalue weighted by Gasteiger charge is -2.37. The van der Waals surface area contributed by atoms with E-state index < -0.39 is 5.97 Å². The molecule has 2 fully saturated rings. The van der Waals surface area contributed by atoms with Crippen LogP contribution in [0.15, 0.2) is 36.5 Å². The number of ether oxygens (including phenoxy) is 2. The summed E-state index contributed by atoms with van der Waals surface area (Å²) < 4.78 is 10.5. The second-order valence-corrected chi connectivity index (χ2v) is 8.95. The van der Waals surface area contributed by atoms with E-state index in [9.17, 15) is 9.90 Å². The van der Waals surface area contributed by atoms with Gasteiger partial charge >= 0.3 is 5.97 Å². The smallest absolute Gasteiger partial charge is 0.337 e. The number of rotatable bonds is 6. The van der Waals surface area contributed by atoms with Gasteiger partial charge in [0.15, 0.2) is 0 Å². The molecule has 34 heavy (non-hydrogen) atoms. The van der Waals surface area contributed by atoms with Gasteiger partial charge in [-0.2, -0.15) is 0 Å². The summed E-state index contributed by atoms with van der Waals surface area (Å²) in [7, 11) is 3.50. The van der Waals surface area contributed by atoms with Gasteiger partial charge in [-0.05, 0) is 68.1 Å². The fraction of sp³-hybridized carbons (Fsp3) is 0.444. The molecule has 2 saturated heterocycles. The lowest BCUT2D eigenvalue weighted by molar-refractivity contribution is 0.0367. The van der Waals surface area contributed by atoms with Crippen molar-refractivity contribution in [3.8, 4) is 5.75 Å². The molecule has 0 spiro atoms. The van der Waals surface area contributed by atoms with E-state index in [2.05, 4.69) is 34.3 Å². The third kappa shape index (κ3) is 5.05. The number of aromatic carboxylic acids is 1. The number of aromatic amines is 1. The maximum absolute atomic E-state index is 11.5. The van der Waals surface area contributed by atoms with Crippen LogP contribution in [0.25, 0.3) is 10.9 Å². The molecular formula is C27H35N3O4. The lowest BCUT2D eigenvalue weighted by atomic mass is 9.92. The van der Waals surface area contributed by atoms with Crippen molar-refractivity contribution in [1.29, 1.82) is 0 Å². The molecule has 3 N–H and O–H groups in total. The zero-order chi connectivity index (χ0) is 24.1. The summed E-state index contributed by atoms with van der Waals surface area (Å²) >= 11 is 0. The number of carboxylic acids is 1. The molecule has 0 amide bonds. The Morgan fingerprint density at radius 1 is 1.24 bits per heavy atom. The van der Waals surface area contributed by atoms with Crippen molar-refractivity contribution in [3.05, 3.63) is 58.8 Å². The van der Waals surface area contributed by atoms with Crippen LogP contribution in [0.5, 0.6) is 5.75 Å². The largest absolute Gasteiger partial charge is 0.496 e. The Hall–Kier alpha value is -3.03. The number of hydrogen-bond acceptors (Lipinski definition) is 5. The van der Waals surface area contributed by atoms with Crippen molar-refractivity contribution < 1.29 is 19.4 Å². The van der Waals surface area contributed by atoms with Gasteiger partial charge in [0.1, 0.15) is 5.75 Å². The number of nitrogens with one attached hydrogen (secondary N) is 2.